The zero-order chi connectivity index (χ0) is 22.5. The monoisotopic (exact) mass is 493 g/mol. The molecule has 168 valence electrons. The van der Waals surface area contributed by atoms with Crippen molar-refractivity contribution in [1.29, 1.82) is 0 Å². The summed E-state index contributed by atoms with van der Waals surface area (Å²) in [5.41, 5.74) is 1.44. The van der Waals surface area contributed by atoms with Crippen LogP contribution in [0.5, 0.6) is 0 Å². The van der Waals surface area contributed by atoms with Crippen LogP contribution in [0.25, 0.3) is 0 Å². The minimum absolute atomic E-state index is 0.0281. The minimum atomic E-state index is -0.985. The van der Waals surface area contributed by atoms with E-state index in [0.29, 0.717) is 18.8 Å². The molecule has 0 radical (unpaired) electrons. The Morgan fingerprint density at radius 3 is 2.35 bits per heavy atom. The fraction of sp³-hybridized carbons (Fsp3) is 0.391. The van der Waals surface area contributed by atoms with Gasteiger partial charge in [-0.2, -0.15) is 0 Å². The number of benzene rings is 2. The highest BCUT2D eigenvalue weighted by Gasteiger charge is 2.25. The van der Waals surface area contributed by atoms with Crippen LogP contribution in [-0.4, -0.2) is 49.6 Å². The molecule has 2 N–H and O–H groups in total. The van der Waals surface area contributed by atoms with Crippen molar-refractivity contribution in [2.24, 2.45) is 5.92 Å². The molecule has 0 aliphatic carbocycles. The lowest BCUT2D eigenvalue weighted by Gasteiger charge is -2.22. The van der Waals surface area contributed by atoms with Crippen LogP contribution in [0.2, 0.25) is 0 Å². The van der Waals surface area contributed by atoms with E-state index in [2.05, 4.69) is 21.2 Å². The second-order valence-electron chi connectivity index (χ2n) is 6.93. The zero-order valence-corrected chi connectivity index (χ0v) is 19.0. The van der Waals surface area contributed by atoms with Crippen LogP contribution in [0.1, 0.15) is 29.3 Å². The van der Waals surface area contributed by atoms with Gasteiger partial charge >= 0.3 is 5.97 Å². The summed E-state index contributed by atoms with van der Waals surface area (Å²) in [4.78, 5) is 24.4. The molecule has 0 aromatic heterocycles. The van der Waals surface area contributed by atoms with Crippen LogP contribution in [0.15, 0.2) is 59.1 Å². The quantitative estimate of drug-likeness (QED) is 0.306. The summed E-state index contributed by atoms with van der Waals surface area (Å²) >= 11 is 3.34. The summed E-state index contributed by atoms with van der Waals surface area (Å²) in [6.45, 7) is 2.90. The number of ether oxygens (including phenoxy) is 3. The number of amides is 1. The lowest BCUT2D eigenvalue weighted by molar-refractivity contribution is -0.145. The van der Waals surface area contributed by atoms with E-state index in [1.54, 1.807) is 24.3 Å². The molecule has 0 heterocycles. The summed E-state index contributed by atoms with van der Waals surface area (Å²) in [7, 11) is 0. The van der Waals surface area contributed by atoms with Gasteiger partial charge in [-0.25, -0.2) is 0 Å². The van der Waals surface area contributed by atoms with E-state index in [4.69, 9.17) is 14.2 Å². The van der Waals surface area contributed by atoms with Gasteiger partial charge in [-0.3, -0.25) is 9.59 Å². The first-order valence-electron chi connectivity index (χ1n) is 10.1. The van der Waals surface area contributed by atoms with Gasteiger partial charge in [-0.1, -0.05) is 46.3 Å². The van der Waals surface area contributed by atoms with Crippen molar-refractivity contribution < 1.29 is 28.9 Å². The Balaban J connectivity index is 1.97. The number of hydrogen-bond donors (Lipinski definition) is 2. The van der Waals surface area contributed by atoms with E-state index in [0.717, 1.165) is 10.0 Å². The third-order valence-corrected chi connectivity index (χ3v) is 5.01. The third-order valence-electron chi connectivity index (χ3n) is 4.48. The van der Waals surface area contributed by atoms with Crippen LogP contribution >= 0.6 is 15.9 Å². The molecule has 7 nitrogen and oxygen atoms in total. The van der Waals surface area contributed by atoms with Gasteiger partial charge in [-0.05, 0) is 43.2 Å². The molecular weight excluding hydrogens is 466 g/mol. The average Bonchev–Trinajstić information content (AvgIpc) is 2.76. The van der Waals surface area contributed by atoms with Gasteiger partial charge in [0.2, 0.25) is 0 Å². The first kappa shape index (κ1) is 25.0. The molecule has 0 saturated heterocycles. The Bertz CT molecular complexity index is 799. The predicted octanol–water partition coefficient (Wildman–Crippen LogP) is 3.87. The summed E-state index contributed by atoms with van der Waals surface area (Å²) in [5, 5.41) is 12.5. The van der Waals surface area contributed by atoms with E-state index in [-0.39, 0.29) is 32.3 Å². The highest BCUT2D eigenvalue weighted by Crippen LogP contribution is 2.14. The lowest BCUT2D eigenvalue weighted by atomic mass is 10.0. The van der Waals surface area contributed by atoms with Crippen molar-refractivity contribution in [2.45, 2.75) is 26.0 Å². The average molecular weight is 494 g/mol. The molecule has 0 saturated carbocycles. The first-order chi connectivity index (χ1) is 15.0. The molecule has 31 heavy (non-hydrogen) atoms. The fourth-order valence-electron chi connectivity index (χ4n) is 2.85. The number of hydrogen-bond acceptors (Lipinski definition) is 5. The molecule has 0 aliphatic heterocycles. The second-order valence-corrected chi connectivity index (χ2v) is 7.85. The Kier molecular flexibility index (Phi) is 11.2. The minimum Gasteiger partial charge on any atom is -0.481 e. The summed E-state index contributed by atoms with van der Waals surface area (Å²) in [6, 6.07) is 15.9. The van der Waals surface area contributed by atoms with E-state index in [9.17, 15) is 14.7 Å². The van der Waals surface area contributed by atoms with E-state index < -0.39 is 17.9 Å². The number of carbonyl (C=O) groups is 2. The van der Waals surface area contributed by atoms with Crippen LogP contribution in [0, 0.1) is 5.92 Å². The number of aliphatic carboxylic acids is 1. The molecule has 0 fully saturated rings. The Hall–Kier alpha value is -2.26. The normalized spacial score (nSPS) is 12.8. The van der Waals surface area contributed by atoms with E-state index >= 15 is 0 Å². The Labute approximate surface area is 190 Å². The van der Waals surface area contributed by atoms with E-state index in [1.165, 1.54) is 0 Å². The maximum absolute atomic E-state index is 12.6. The Morgan fingerprint density at radius 1 is 1.00 bits per heavy atom. The first-order valence-corrected chi connectivity index (χ1v) is 10.8. The predicted molar refractivity (Wildman–Crippen MR) is 120 cm³/mol. The van der Waals surface area contributed by atoms with Gasteiger partial charge in [0.25, 0.3) is 5.91 Å². The number of halogens is 1. The van der Waals surface area contributed by atoms with Gasteiger partial charge in [-0.15, -0.1) is 0 Å². The molecule has 2 atom stereocenters. The van der Waals surface area contributed by atoms with Gasteiger partial charge in [0, 0.05) is 16.6 Å². The topological polar surface area (TPSA) is 94.1 Å². The number of carbonyl (C=O) groups excluding carboxylic acids is 1. The van der Waals surface area contributed by atoms with Gasteiger partial charge in [0.05, 0.1) is 31.8 Å². The molecule has 2 aromatic rings. The van der Waals surface area contributed by atoms with Gasteiger partial charge in [0.15, 0.2) is 0 Å². The van der Waals surface area contributed by atoms with Gasteiger partial charge in [0.1, 0.15) is 6.79 Å². The summed E-state index contributed by atoms with van der Waals surface area (Å²) < 4.78 is 17.1. The molecular formula is C23H28BrNO6. The van der Waals surface area contributed by atoms with Crippen LogP contribution < -0.4 is 5.32 Å². The number of rotatable bonds is 14. The molecule has 2 rings (SSSR count). The molecule has 0 bridgehead atoms. The molecule has 0 spiro atoms. The zero-order valence-electron chi connectivity index (χ0n) is 17.5. The summed E-state index contributed by atoms with van der Waals surface area (Å²) in [6.07, 6.45) is 0.165. The Morgan fingerprint density at radius 2 is 1.71 bits per heavy atom. The molecule has 0 aliphatic rings. The molecule has 2 aromatic carbocycles. The van der Waals surface area contributed by atoms with Gasteiger partial charge < -0.3 is 24.6 Å². The largest absolute Gasteiger partial charge is 0.481 e. The van der Waals surface area contributed by atoms with Crippen molar-refractivity contribution in [3.63, 3.8) is 0 Å². The molecule has 2 unspecified atom stereocenters. The van der Waals surface area contributed by atoms with Crippen molar-refractivity contribution in [3.8, 4) is 0 Å². The SMILES string of the molecule is CCOCOCC(CC(COCc1ccccc1)C(=O)O)NC(=O)c1ccc(Br)cc1. The van der Waals surface area contributed by atoms with E-state index in [1.807, 2.05) is 37.3 Å². The second kappa shape index (κ2) is 13.9. The van der Waals surface area contributed by atoms with Crippen LogP contribution in [-0.2, 0) is 25.6 Å². The maximum Gasteiger partial charge on any atom is 0.308 e. The number of carboxylic acid groups (broad SMARTS) is 1. The van der Waals surface area contributed by atoms with Crippen molar-refractivity contribution in [1.82, 2.24) is 5.32 Å². The standard InChI is InChI=1S/C23H28BrNO6/c1-2-29-16-31-15-21(25-22(26)18-8-10-20(24)11-9-18)12-19(23(27)28)14-30-13-17-6-4-3-5-7-17/h3-11,19,21H,2,12-16H2,1H3,(H,25,26)(H,27,28). The number of nitrogens with one attached hydrogen (secondary N) is 1. The van der Waals surface area contributed by atoms with Crippen molar-refractivity contribution in [3.05, 3.63) is 70.2 Å². The van der Waals surface area contributed by atoms with Crippen LogP contribution in [0.4, 0.5) is 0 Å². The third kappa shape index (κ3) is 9.61. The molecule has 1 amide bonds. The smallest absolute Gasteiger partial charge is 0.308 e. The highest BCUT2D eigenvalue weighted by molar-refractivity contribution is 9.10. The van der Waals surface area contributed by atoms with Crippen LogP contribution in [0.3, 0.4) is 0 Å². The highest BCUT2D eigenvalue weighted by atomic mass is 79.9. The van der Waals surface area contributed by atoms with Crippen molar-refractivity contribution >= 4 is 27.8 Å². The number of carboxylic acids is 1. The fourth-order valence-corrected chi connectivity index (χ4v) is 3.11. The summed E-state index contributed by atoms with van der Waals surface area (Å²) in [5.74, 6) is -2.08. The van der Waals surface area contributed by atoms with Crippen molar-refractivity contribution in [2.75, 3.05) is 26.6 Å². The maximum atomic E-state index is 12.6. The molecule has 8 heteroatoms. The lowest BCUT2D eigenvalue weighted by Crippen LogP contribution is -2.41.